The van der Waals surface area contributed by atoms with Crippen molar-refractivity contribution in [2.75, 3.05) is 19.8 Å². The van der Waals surface area contributed by atoms with E-state index < -0.39 is 7.60 Å². The number of nitrogens with one attached hydrogen (secondary N) is 1. The van der Waals surface area contributed by atoms with Gasteiger partial charge in [0.25, 0.3) is 0 Å². The Kier molecular flexibility index (Phi) is 4.57. The van der Waals surface area contributed by atoms with E-state index >= 15 is 0 Å². The van der Waals surface area contributed by atoms with Gasteiger partial charge in [0, 0.05) is 12.5 Å². The Hall–Kier alpha value is -0.670. The topological polar surface area (TPSA) is 47.6 Å². The highest BCUT2D eigenvalue weighted by Gasteiger charge is 2.47. The first-order valence-electron chi connectivity index (χ1n) is 6.38. The van der Waals surface area contributed by atoms with Gasteiger partial charge in [0.2, 0.25) is 0 Å². The summed E-state index contributed by atoms with van der Waals surface area (Å²) >= 11 is 0. The maximum atomic E-state index is 12.7. The molecule has 1 heterocycles. The van der Waals surface area contributed by atoms with Crippen LogP contribution in [0.4, 0.5) is 0 Å². The van der Waals surface area contributed by atoms with E-state index in [0.29, 0.717) is 13.2 Å². The van der Waals surface area contributed by atoms with Gasteiger partial charge in [-0.25, -0.2) is 0 Å². The third kappa shape index (κ3) is 2.67. The highest BCUT2D eigenvalue weighted by atomic mass is 31.2. The maximum absolute atomic E-state index is 12.7. The minimum Gasteiger partial charge on any atom is -0.308 e. The Bertz CT molecular complexity index is 414. The van der Waals surface area contributed by atoms with Crippen LogP contribution in [0, 0.1) is 0 Å². The lowest BCUT2D eigenvalue weighted by atomic mass is 9.93. The largest absolute Gasteiger partial charge is 0.348 e. The molecule has 4 nitrogen and oxygen atoms in total. The molecule has 1 aliphatic heterocycles. The number of hydrogen-bond donors (Lipinski definition) is 1. The maximum Gasteiger partial charge on any atom is 0.348 e. The molecule has 0 unspecified atom stereocenters. The molecule has 1 N–H and O–H groups in total. The molecule has 5 heteroatoms. The van der Waals surface area contributed by atoms with Crippen molar-refractivity contribution in [2.45, 2.75) is 25.5 Å². The average molecular weight is 269 g/mol. The first-order valence-corrected chi connectivity index (χ1v) is 7.99. The molecule has 1 fully saturated rings. The fourth-order valence-corrected chi connectivity index (χ4v) is 4.39. The lowest BCUT2D eigenvalue weighted by molar-refractivity contribution is 0.188. The highest BCUT2D eigenvalue weighted by Crippen LogP contribution is 2.58. The van der Waals surface area contributed by atoms with Gasteiger partial charge < -0.3 is 14.4 Å². The van der Waals surface area contributed by atoms with Crippen molar-refractivity contribution in [3.8, 4) is 0 Å². The summed E-state index contributed by atoms with van der Waals surface area (Å²) in [7, 11) is -3.06. The zero-order valence-electron chi connectivity index (χ0n) is 10.8. The van der Waals surface area contributed by atoms with Crippen molar-refractivity contribution in [1.82, 2.24) is 5.32 Å². The van der Waals surface area contributed by atoms with Gasteiger partial charge in [0.05, 0.1) is 13.2 Å². The molecule has 2 rings (SSSR count). The van der Waals surface area contributed by atoms with Crippen molar-refractivity contribution < 1.29 is 13.6 Å². The lowest BCUT2D eigenvalue weighted by Gasteiger charge is -2.41. The Morgan fingerprint density at radius 2 is 1.83 bits per heavy atom. The fourth-order valence-electron chi connectivity index (χ4n) is 2.23. The lowest BCUT2D eigenvalue weighted by Crippen LogP contribution is -2.51. The molecule has 1 aromatic rings. The zero-order valence-corrected chi connectivity index (χ0v) is 11.7. The van der Waals surface area contributed by atoms with Gasteiger partial charge >= 0.3 is 7.60 Å². The van der Waals surface area contributed by atoms with Crippen LogP contribution in [0.15, 0.2) is 30.3 Å². The molecule has 2 atom stereocenters. The second kappa shape index (κ2) is 5.98. The Labute approximate surface area is 108 Å². The molecule has 1 aromatic carbocycles. The molecule has 0 bridgehead atoms. The second-order valence-electron chi connectivity index (χ2n) is 4.25. The molecule has 18 heavy (non-hydrogen) atoms. The summed E-state index contributed by atoms with van der Waals surface area (Å²) in [4.78, 5) is 0. The Balaban J connectivity index is 2.15. The Morgan fingerprint density at radius 1 is 1.22 bits per heavy atom. The molecule has 1 saturated heterocycles. The van der Waals surface area contributed by atoms with Gasteiger partial charge in [-0.3, -0.25) is 4.57 Å². The van der Waals surface area contributed by atoms with Gasteiger partial charge in [-0.05, 0) is 19.4 Å². The van der Waals surface area contributed by atoms with E-state index in [4.69, 9.17) is 9.05 Å². The summed E-state index contributed by atoms with van der Waals surface area (Å²) in [6, 6.07) is 10.1. The van der Waals surface area contributed by atoms with Crippen molar-refractivity contribution >= 4 is 7.60 Å². The smallest absolute Gasteiger partial charge is 0.308 e. The first-order chi connectivity index (χ1) is 8.71. The van der Waals surface area contributed by atoms with Crippen LogP contribution in [-0.4, -0.2) is 25.5 Å². The van der Waals surface area contributed by atoms with Crippen LogP contribution in [0.2, 0.25) is 0 Å². The van der Waals surface area contributed by atoms with E-state index in [1.807, 2.05) is 32.0 Å². The summed E-state index contributed by atoms with van der Waals surface area (Å²) < 4.78 is 23.5. The molecule has 0 aliphatic carbocycles. The zero-order chi connectivity index (χ0) is 13.0. The summed E-state index contributed by atoms with van der Waals surface area (Å²) in [5.74, 6) is -0.0186. The molecule has 0 radical (unpaired) electrons. The van der Waals surface area contributed by atoms with Crippen LogP contribution in [0.5, 0.6) is 0 Å². The number of benzene rings is 1. The first kappa shape index (κ1) is 13.8. The van der Waals surface area contributed by atoms with Gasteiger partial charge in [-0.2, -0.15) is 0 Å². The van der Waals surface area contributed by atoms with E-state index in [-0.39, 0.29) is 11.7 Å². The molecule has 1 aliphatic rings. The van der Waals surface area contributed by atoms with Gasteiger partial charge in [-0.15, -0.1) is 0 Å². The van der Waals surface area contributed by atoms with Crippen molar-refractivity contribution in [3.05, 3.63) is 35.9 Å². The minimum absolute atomic E-state index is 0.204. The van der Waals surface area contributed by atoms with Crippen molar-refractivity contribution in [1.29, 1.82) is 0 Å². The quantitative estimate of drug-likeness (QED) is 0.806. The van der Waals surface area contributed by atoms with E-state index in [1.165, 1.54) is 5.56 Å². The molecular weight excluding hydrogens is 249 g/mol. The normalized spacial score (nSPS) is 23.7. The standard InChI is InChI=1S/C13H20NO3P/c1-3-16-18(15,17-4-2)13-12(10-14-13)11-8-6-5-7-9-11/h5-9,12-14H,3-4,10H2,1-2H3/t12-,13-/m1/s1. The van der Waals surface area contributed by atoms with E-state index in [1.54, 1.807) is 0 Å². The van der Waals surface area contributed by atoms with Crippen LogP contribution in [0.25, 0.3) is 0 Å². The van der Waals surface area contributed by atoms with Crippen LogP contribution in [0.1, 0.15) is 25.3 Å². The van der Waals surface area contributed by atoms with Gasteiger partial charge in [-0.1, -0.05) is 30.3 Å². The molecule has 100 valence electrons. The summed E-state index contributed by atoms with van der Waals surface area (Å²) in [6.45, 7) is 5.29. The number of rotatable bonds is 6. The van der Waals surface area contributed by atoms with Gasteiger partial charge in [0.1, 0.15) is 5.78 Å². The van der Waals surface area contributed by atoms with E-state index in [0.717, 1.165) is 6.54 Å². The van der Waals surface area contributed by atoms with Crippen LogP contribution < -0.4 is 5.32 Å². The van der Waals surface area contributed by atoms with Crippen LogP contribution in [0.3, 0.4) is 0 Å². The minimum atomic E-state index is -3.06. The second-order valence-corrected chi connectivity index (χ2v) is 6.40. The summed E-state index contributed by atoms with van der Waals surface area (Å²) in [6.07, 6.45) is 0. The van der Waals surface area contributed by atoms with Crippen molar-refractivity contribution in [3.63, 3.8) is 0 Å². The number of hydrogen-bond acceptors (Lipinski definition) is 4. The molecular formula is C13H20NO3P. The third-order valence-electron chi connectivity index (χ3n) is 3.11. The van der Waals surface area contributed by atoms with E-state index in [2.05, 4.69) is 17.4 Å². The Morgan fingerprint density at radius 3 is 2.28 bits per heavy atom. The van der Waals surface area contributed by atoms with Crippen LogP contribution >= 0.6 is 7.60 Å². The molecule has 0 amide bonds. The fraction of sp³-hybridized carbons (Fsp3) is 0.538. The molecule has 0 saturated carbocycles. The predicted octanol–water partition coefficient (Wildman–Crippen LogP) is 2.97. The monoisotopic (exact) mass is 269 g/mol. The highest BCUT2D eigenvalue weighted by molar-refractivity contribution is 7.54. The van der Waals surface area contributed by atoms with Crippen LogP contribution in [-0.2, 0) is 13.6 Å². The predicted molar refractivity (Wildman–Crippen MR) is 71.8 cm³/mol. The van der Waals surface area contributed by atoms with E-state index in [9.17, 15) is 4.57 Å². The molecule has 0 aromatic heterocycles. The SMILES string of the molecule is CCOP(=O)(OCC)[C@H]1NC[C@@H]1c1ccccc1. The molecule has 0 spiro atoms. The summed E-state index contributed by atoms with van der Waals surface area (Å²) in [5, 5.41) is 3.19. The average Bonchev–Trinajstić information content (AvgIpc) is 2.29. The van der Waals surface area contributed by atoms with Gasteiger partial charge in [0.15, 0.2) is 0 Å². The van der Waals surface area contributed by atoms with Crippen molar-refractivity contribution in [2.24, 2.45) is 0 Å². The third-order valence-corrected chi connectivity index (χ3v) is 5.57. The summed E-state index contributed by atoms with van der Waals surface area (Å²) in [5.41, 5.74) is 1.18.